The molecule has 0 bridgehead atoms. The number of rotatable bonds is 3. The van der Waals surface area contributed by atoms with Gasteiger partial charge in [0.15, 0.2) is 0 Å². The van der Waals surface area contributed by atoms with Gasteiger partial charge < -0.3 is 5.32 Å². The Hall–Kier alpha value is -2.54. The van der Waals surface area contributed by atoms with E-state index in [0.717, 1.165) is 0 Å². The van der Waals surface area contributed by atoms with Crippen molar-refractivity contribution in [3.63, 3.8) is 0 Å². The maximum atomic E-state index is 12.9. The molecule has 1 aromatic carbocycles. The van der Waals surface area contributed by atoms with Gasteiger partial charge in [0.1, 0.15) is 10.6 Å². The molecule has 118 valence electrons. The standard InChI is InChI=1S/C16H14FN3O2S/c1-3-20-8-18-15-12(16(20)22)9(2)13(23-15)14(21)19-11-6-4-10(17)5-7-11/h4-8H,3H2,1-2H3,(H,19,21). The van der Waals surface area contributed by atoms with Crippen LogP contribution in [-0.2, 0) is 6.54 Å². The van der Waals surface area contributed by atoms with E-state index < -0.39 is 0 Å². The highest BCUT2D eigenvalue weighted by Gasteiger charge is 2.19. The SMILES string of the molecule is CCn1cnc2sc(C(=O)Nc3ccc(F)cc3)c(C)c2c1=O. The van der Waals surface area contributed by atoms with Gasteiger partial charge in [-0.05, 0) is 43.7 Å². The summed E-state index contributed by atoms with van der Waals surface area (Å²) >= 11 is 1.18. The Morgan fingerprint density at radius 3 is 2.70 bits per heavy atom. The third-order valence-corrected chi connectivity index (χ3v) is 4.76. The van der Waals surface area contributed by atoms with E-state index in [2.05, 4.69) is 10.3 Å². The van der Waals surface area contributed by atoms with Crippen molar-refractivity contribution in [2.75, 3.05) is 5.32 Å². The number of thiophene rings is 1. The van der Waals surface area contributed by atoms with Crippen molar-refractivity contribution in [3.05, 3.63) is 57.2 Å². The van der Waals surface area contributed by atoms with Gasteiger partial charge >= 0.3 is 0 Å². The smallest absolute Gasteiger partial charge is 0.266 e. The predicted molar refractivity (Wildman–Crippen MR) is 88.6 cm³/mol. The van der Waals surface area contributed by atoms with Crippen molar-refractivity contribution in [1.82, 2.24) is 9.55 Å². The molecular formula is C16H14FN3O2S. The first-order valence-corrected chi connectivity index (χ1v) is 7.88. The van der Waals surface area contributed by atoms with E-state index in [-0.39, 0.29) is 17.3 Å². The number of nitrogens with one attached hydrogen (secondary N) is 1. The monoisotopic (exact) mass is 331 g/mol. The van der Waals surface area contributed by atoms with Gasteiger partial charge in [-0.25, -0.2) is 9.37 Å². The summed E-state index contributed by atoms with van der Waals surface area (Å²) in [6, 6.07) is 5.51. The Morgan fingerprint density at radius 1 is 1.35 bits per heavy atom. The number of anilines is 1. The van der Waals surface area contributed by atoms with E-state index in [1.807, 2.05) is 6.92 Å². The molecular weight excluding hydrogens is 317 g/mol. The van der Waals surface area contributed by atoms with E-state index in [9.17, 15) is 14.0 Å². The number of nitrogens with zero attached hydrogens (tertiary/aromatic N) is 2. The fraction of sp³-hybridized carbons (Fsp3) is 0.188. The molecule has 0 aliphatic heterocycles. The molecule has 0 aliphatic rings. The summed E-state index contributed by atoms with van der Waals surface area (Å²) in [6.07, 6.45) is 1.49. The van der Waals surface area contributed by atoms with Gasteiger partial charge in [-0.15, -0.1) is 11.3 Å². The quantitative estimate of drug-likeness (QED) is 0.802. The molecule has 0 spiro atoms. The van der Waals surface area contributed by atoms with Crippen LogP contribution in [0.15, 0.2) is 35.4 Å². The van der Waals surface area contributed by atoms with Gasteiger partial charge in [0.2, 0.25) is 0 Å². The van der Waals surface area contributed by atoms with Crippen LogP contribution in [0.3, 0.4) is 0 Å². The van der Waals surface area contributed by atoms with Crippen LogP contribution < -0.4 is 10.9 Å². The van der Waals surface area contributed by atoms with Gasteiger partial charge in [-0.2, -0.15) is 0 Å². The minimum atomic E-state index is -0.370. The van der Waals surface area contributed by atoms with E-state index in [0.29, 0.717) is 32.9 Å². The largest absolute Gasteiger partial charge is 0.321 e. The lowest BCUT2D eigenvalue weighted by molar-refractivity contribution is 0.103. The Morgan fingerprint density at radius 2 is 2.04 bits per heavy atom. The van der Waals surface area contributed by atoms with Crippen LogP contribution in [-0.4, -0.2) is 15.5 Å². The summed E-state index contributed by atoms with van der Waals surface area (Å²) in [5.74, 6) is -0.704. The van der Waals surface area contributed by atoms with Crippen LogP contribution in [0.4, 0.5) is 10.1 Å². The van der Waals surface area contributed by atoms with Crippen LogP contribution in [0.1, 0.15) is 22.2 Å². The van der Waals surface area contributed by atoms with E-state index in [4.69, 9.17) is 0 Å². The molecule has 2 aromatic heterocycles. The maximum absolute atomic E-state index is 12.9. The third kappa shape index (κ3) is 2.75. The number of hydrogen-bond acceptors (Lipinski definition) is 4. The Kier molecular flexibility index (Phi) is 3.96. The lowest BCUT2D eigenvalue weighted by Crippen LogP contribution is -2.19. The van der Waals surface area contributed by atoms with E-state index >= 15 is 0 Å². The lowest BCUT2D eigenvalue weighted by Gasteiger charge is -2.04. The Labute approximate surface area is 135 Å². The second kappa shape index (κ2) is 5.92. The summed E-state index contributed by atoms with van der Waals surface area (Å²) < 4.78 is 14.4. The summed E-state index contributed by atoms with van der Waals surface area (Å²) in [5.41, 5.74) is 0.962. The Balaban J connectivity index is 2.01. The molecule has 23 heavy (non-hydrogen) atoms. The molecule has 7 heteroatoms. The number of fused-ring (bicyclic) bond motifs is 1. The minimum Gasteiger partial charge on any atom is -0.321 e. The molecule has 0 fully saturated rings. The molecule has 2 heterocycles. The second-order valence-electron chi connectivity index (χ2n) is 5.03. The van der Waals surface area contributed by atoms with Gasteiger partial charge in [0, 0.05) is 12.2 Å². The first-order valence-electron chi connectivity index (χ1n) is 7.06. The molecule has 0 radical (unpaired) electrons. The van der Waals surface area contributed by atoms with Crippen molar-refractivity contribution in [3.8, 4) is 0 Å². The van der Waals surface area contributed by atoms with Crippen molar-refractivity contribution < 1.29 is 9.18 Å². The van der Waals surface area contributed by atoms with Crippen LogP contribution in [0.5, 0.6) is 0 Å². The average Bonchev–Trinajstić information content (AvgIpc) is 2.88. The van der Waals surface area contributed by atoms with Crippen LogP contribution in [0, 0.1) is 12.7 Å². The van der Waals surface area contributed by atoms with Crippen molar-refractivity contribution >= 4 is 33.1 Å². The molecule has 0 aliphatic carbocycles. The molecule has 0 unspecified atom stereocenters. The number of carbonyl (C=O) groups is 1. The van der Waals surface area contributed by atoms with E-state index in [1.165, 1.54) is 46.5 Å². The van der Waals surface area contributed by atoms with Crippen molar-refractivity contribution in [2.45, 2.75) is 20.4 Å². The van der Waals surface area contributed by atoms with Crippen LogP contribution >= 0.6 is 11.3 Å². The normalized spacial score (nSPS) is 10.9. The van der Waals surface area contributed by atoms with Crippen molar-refractivity contribution in [2.24, 2.45) is 0 Å². The molecule has 5 nitrogen and oxygen atoms in total. The lowest BCUT2D eigenvalue weighted by atomic mass is 10.2. The number of aryl methyl sites for hydroxylation is 2. The number of carbonyl (C=O) groups excluding carboxylic acids is 1. The number of aromatic nitrogens is 2. The highest BCUT2D eigenvalue weighted by Crippen LogP contribution is 2.27. The molecule has 0 atom stereocenters. The zero-order chi connectivity index (χ0) is 16.6. The van der Waals surface area contributed by atoms with Gasteiger partial charge in [-0.3, -0.25) is 14.2 Å². The predicted octanol–water partition coefficient (Wildman–Crippen LogP) is 3.18. The highest BCUT2D eigenvalue weighted by molar-refractivity contribution is 7.20. The summed E-state index contributed by atoms with van der Waals surface area (Å²) in [4.78, 5) is 30.0. The molecule has 0 saturated carbocycles. The summed E-state index contributed by atoms with van der Waals surface area (Å²) in [5, 5.41) is 3.18. The zero-order valence-electron chi connectivity index (χ0n) is 12.6. The number of hydrogen-bond donors (Lipinski definition) is 1. The van der Waals surface area contributed by atoms with Crippen molar-refractivity contribution in [1.29, 1.82) is 0 Å². The minimum absolute atomic E-state index is 0.146. The third-order valence-electron chi connectivity index (χ3n) is 3.57. The van der Waals surface area contributed by atoms with Gasteiger partial charge in [-0.1, -0.05) is 0 Å². The molecule has 1 amide bonds. The number of benzene rings is 1. The molecule has 1 N–H and O–H groups in total. The highest BCUT2D eigenvalue weighted by atomic mass is 32.1. The van der Waals surface area contributed by atoms with Crippen LogP contribution in [0.25, 0.3) is 10.2 Å². The Bertz CT molecular complexity index is 944. The summed E-state index contributed by atoms with van der Waals surface area (Å²) in [6.45, 7) is 4.12. The first-order chi connectivity index (χ1) is 11.0. The first kappa shape index (κ1) is 15.4. The number of halogens is 1. The maximum Gasteiger partial charge on any atom is 0.266 e. The fourth-order valence-corrected chi connectivity index (χ4v) is 3.36. The van der Waals surface area contributed by atoms with E-state index in [1.54, 1.807) is 6.92 Å². The molecule has 3 rings (SSSR count). The van der Waals surface area contributed by atoms with Crippen LogP contribution in [0.2, 0.25) is 0 Å². The topological polar surface area (TPSA) is 64.0 Å². The summed E-state index contributed by atoms with van der Waals surface area (Å²) in [7, 11) is 0. The average molecular weight is 331 g/mol. The number of amides is 1. The fourth-order valence-electron chi connectivity index (χ4n) is 2.32. The zero-order valence-corrected chi connectivity index (χ0v) is 13.4. The van der Waals surface area contributed by atoms with Gasteiger partial charge in [0.25, 0.3) is 11.5 Å². The molecule has 0 saturated heterocycles. The second-order valence-corrected chi connectivity index (χ2v) is 6.03. The van der Waals surface area contributed by atoms with Gasteiger partial charge in [0.05, 0.1) is 16.6 Å². The molecule has 3 aromatic rings.